The van der Waals surface area contributed by atoms with E-state index < -0.39 is 12.2 Å². The van der Waals surface area contributed by atoms with Gasteiger partial charge in [-0.15, -0.1) is 0 Å². The standard InChI is InChI=1S/C23H26BrN3O6/c1-29-17-12-15(13-18(30-2)19(17)24)23-25-22(26-33-23)20(28)21(31-3)14-4-6-16(7-5-14)27-8-10-32-11-9-27/h4-7,12-13,20-21,28H,8-11H2,1-3H3/t20?,21-/m1/s1. The molecule has 1 aliphatic rings. The molecule has 0 spiro atoms. The van der Waals surface area contributed by atoms with E-state index in [1.165, 1.54) is 7.11 Å². The summed E-state index contributed by atoms with van der Waals surface area (Å²) in [4.78, 5) is 6.65. The predicted octanol–water partition coefficient (Wildman–Crippen LogP) is 3.77. The van der Waals surface area contributed by atoms with E-state index in [1.54, 1.807) is 26.4 Å². The van der Waals surface area contributed by atoms with E-state index in [1.807, 2.05) is 24.3 Å². The molecule has 10 heteroatoms. The third-order valence-corrected chi connectivity index (χ3v) is 6.32. The molecule has 176 valence electrons. The zero-order valence-corrected chi connectivity index (χ0v) is 20.2. The third kappa shape index (κ3) is 4.98. The van der Waals surface area contributed by atoms with Gasteiger partial charge in [-0.2, -0.15) is 4.98 Å². The molecule has 1 fully saturated rings. The molecule has 2 heterocycles. The van der Waals surface area contributed by atoms with Gasteiger partial charge >= 0.3 is 0 Å². The number of halogens is 1. The van der Waals surface area contributed by atoms with Crippen molar-refractivity contribution >= 4 is 21.6 Å². The van der Waals surface area contributed by atoms with Crippen LogP contribution in [0, 0.1) is 0 Å². The number of nitrogens with zero attached hydrogens (tertiary/aromatic N) is 3. The van der Waals surface area contributed by atoms with Gasteiger partial charge in [0.05, 0.1) is 27.4 Å². The molecule has 0 bridgehead atoms. The highest BCUT2D eigenvalue weighted by molar-refractivity contribution is 9.10. The second-order valence-corrected chi connectivity index (χ2v) is 8.24. The van der Waals surface area contributed by atoms with Crippen molar-refractivity contribution in [1.82, 2.24) is 10.1 Å². The Morgan fingerprint density at radius 2 is 1.67 bits per heavy atom. The van der Waals surface area contributed by atoms with Gasteiger partial charge in [0.1, 0.15) is 28.2 Å². The fourth-order valence-electron chi connectivity index (χ4n) is 3.74. The molecule has 3 aromatic rings. The molecule has 1 aliphatic heterocycles. The molecular formula is C23H26BrN3O6. The number of rotatable bonds is 8. The van der Waals surface area contributed by atoms with Crippen LogP contribution in [0.15, 0.2) is 45.4 Å². The van der Waals surface area contributed by atoms with Crippen LogP contribution in [0.3, 0.4) is 0 Å². The predicted molar refractivity (Wildman–Crippen MR) is 125 cm³/mol. The van der Waals surface area contributed by atoms with Gasteiger partial charge in [-0.3, -0.25) is 0 Å². The molecule has 1 unspecified atom stereocenters. The van der Waals surface area contributed by atoms with Crippen LogP contribution in [0.1, 0.15) is 23.6 Å². The summed E-state index contributed by atoms with van der Waals surface area (Å²) in [5, 5.41) is 14.9. The monoisotopic (exact) mass is 519 g/mol. The van der Waals surface area contributed by atoms with Crippen LogP contribution in [0.4, 0.5) is 5.69 Å². The maximum atomic E-state index is 11.0. The van der Waals surface area contributed by atoms with Gasteiger partial charge in [-0.1, -0.05) is 17.3 Å². The molecule has 9 nitrogen and oxygen atoms in total. The molecule has 0 saturated carbocycles. The molecule has 0 aliphatic carbocycles. The number of benzene rings is 2. The summed E-state index contributed by atoms with van der Waals surface area (Å²) < 4.78 is 27.8. The summed E-state index contributed by atoms with van der Waals surface area (Å²) in [6.45, 7) is 3.15. The van der Waals surface area contributed by atoms with Crippen molar-refractivity contribution in [2.24, 2.45) is 0 Å². The van der Waals surface area contributed by atoms with Gasteiger partial charge in [-0.25, -0.2) is 0 Å². The largest absolute Gasteiger partial charge is 0.495 e. The van der Waals surface area contributed by atoms with Gasteiger partial charge in [-0.05, 0) is 45.8 Å². The number of anilines is 1. The average molecular weight is 520 g/mol. The summed E-state index contributed by atoms with van der Waals surface area (Å²) in [5.41, 5.74) is 2.51. The maximum Gasteiger partial charge on any atom is 0.258 e. The van der Waals surface area contributed by atoms with Crippen molar-refractivity contribution in [3.63, 3.8) is 0 Å². The van der Waals surface area contributed by atoms with E-state index in [0.717, 1.165) is 37.6 Å². The first-order valence-corrected chi connectivity index (χ1v) is 11.2. The molecule has 1 aromatic heterocycles. The summed E-state index contributed by atoms with van der Waals surface area (Å²) in [6.07, 6.45) is -1.79. The normalized spacial score (nSPS) is 15.8. The topological polar surface area (TPSA) is 99.3 Å². The summed E-state index contributed by atoms with van der Waals surface area (Å²) in [7, 11) is 4.65. The minimum atomic E-state index is -1.12. The summed E-state index contributed by atoms with van der Waals surface area (Å²) in [6, 6.07) is 11.4. The average Bonchev–Trinajstić information content (AvgIpc) is 3.36. The van der Waals surface area contributed by atoms with Crippen LogP contribution in [0.25, 0.3) is 11.5 Å². The highest BCUT2D eigenvalue weighted by atomic mass is 79.9. The van der Waals surface area contributed by atoms with Crippen molar-refractivity contribution < 1.29 is 28.6 Å². The van der Waals surface area contributed by atoms with Crippen LogP contribution in [-0.2, 0) is 9.47 Å². The fourth-order valence-corrected chi connectivity index (χ4v) is 4.30. The molecule has 2 aromatic carbocycles. The number of ether oxygens (including phenoxy) is 4. The molecule has 1 saturated heterocycles. The molecule has 33 heavy (non-hydrogen) atoms. The van der Waals surface area contributed by atoms with Gasteiger partial charge in [0.15, 0.2) is 0 Å². The minimum absolute atomic E-state index is 0.120. The molecule has 2 atom stereocenters. The zero-order chi connectivity index (χ0) is 23.4. The molecular weight excluding hydrogens is 494 g/mol. The lowest BCUT2D eigenvalue weighted by atomic mass is 10.0. The second kappa shape index (κ2) is 10.5. The molecule has 1 N–H and O–H groups in total. The number of aliphatic hydroxyl groups excluding tert-OH is 1. The Kier molecular flexibility index (Phi) is 7.49. The van der Waals surface area contributed by atoms with Crippen molar-refractivity contribution in [2.45, 2.75) is 12.2 Å². The van der Waals surface area contributed by atoms with E-state index in [4.69, 9.17) is 23.5 Å². The minimum Gasteiger partial charge on any atom is -0.495 e. The lowest BCUT2D eigenvalue weighted by Crippen LogP contribution is -2.36. The third-order valence-electron chi connectivity index (χ3n) is 5.54. The number of aliphatic hydroxyl groups is 1. The van der Waals surface area contributed by atoms with E-state index in [9.17, 15) is 5.11 Å². The van der Waals surface area contributed by atoms with Gasteiger partial charge < -0.3 is 33.5 Å². The lowest BCUT2D eigenvalue weighted by Gasteiger charge is -2.29. The van der Waals surface area contributed by atoms with Crippen LogP contribution < -0.4 is 14.4 Å². The Hall–Kier alpha value is -2.66. The van der Waals surface area contributed by atoms with E-state index in [0.29, 0.717) is 21.5 Å². The molecule has 4 rings (SSSR count). The second-order valence-electron chi connectivity index (χ2n) is 7.44. The van der Waals surface area contributed by atoms with Crippen molar-refractivity contribution in [3.8, 4) is 23.0 Å². The Bertz CT molecular complexity index is 1040. The zero-order valence-electron chi connectivity index (χ0n) is 18.7. The fraction of sp³-hybridized carbons (Fsp3) is 0.391. The Morgan fingerprint density at radius 3 is 2.24 bits per heavy atom. The lowest BCUT2D eigenvalue weighted by molar-refractivity contribution is -0.0202. The van der Waals surface area contributed by atoms with E-state index >= 15 is 0 Å². The number of aromatic nitrogens is 2. The van der Waals surface area contributed by atoms with E-state index in [2.05, 4.69) is 31.0 Å². The quantitative estimate of drug-likeness (QED) is 0.476. The van der Waals surface area contributed by atoms with Crippen molar-refractivity contribution in [2.75, 3.05) is 52.5 Å². The van der Waals surface area contributed by atoms with Crippen molar-refractivity contribution in [1.29, 1.82) is 0 Å². The number of methoxy groups -OCH3 is 3. The maximum absolute atomic E-state index is 11.0. The van der Waals surface area contributed by atoms with E-state index in [-0.39, 0.29) is 11.7 Å². The first kappa shape index (κ1) is 23.5. The highest BCUT2D eigenvalue weighted by Crippen LogP contribution is 2.39. The SMILES string of the molecule is COc1cc(-c2nc(C(O)[C@H](OC)c3ccc(N4CCOCC4)cc3)no2)cc(OC)c1Br. The number of hydrogen-bond donors (Lipinski definition) is 1. The Morgan fingerprint density at radius 1 is 1.03 bits per heavy atom. The number of hydrogen-bond acceptors (Lipinski definition) is 9. The summed E-state index contributed by atoms with van der Waals surface area (Å²) >= 11 is 3.44. The van der Waals surface area contributed by atoms with Gasteiger partial charge in [0, 0.05) is 31.5 Å². The smallest absolute Gasteiger partial charge is 0.258 e. The highest BCUT2D eigenvalue weighted by Gasteiger charge is 2.28. The first-order valence-electron chi connectivity index (χ1n) is 10.4. The van der Waals surface area contributed by atoms with Crippen LogP contribution in [-0.4, -0.2) is 62.9 Å². The van der Waals surface area contributed by atoms with Crippen molar-refractivity contribution in [3.05, 3.63) is 52.3 Å². The first-order chi connectivity index (χ1) is 16.0. The van der Waals surface area contributed by atoms with Crippen LogP contribution in [0.5, 0.6) is 11.5 Å². The number of morpholine rings is 1. The van der Waals surface area contributed by atoms with Gasteiger partial charge in [0.2, 0.25) is 5.82 Å². The molecule has 0 radical (unpaired) electrons. The Balaban J connectivity index is 1.55. The van der Waals surface area contributed by atoms with Crippen LogP contribution >= 0.6 is 15.9 Å². The molecule has 0 amide bonds. The summed E-state index contributed by atoms with van der Waals surface area (Å²) in [5.74, 6) is 1.46. The Labute approximate surface area is 200 Å². The van der Waals surface area contributed by atoms with Gasteiger partial charge in [0.25, 0.3) is 5.89 Å². The van der Waals surface area contributed by atoms with Crippen LogP contribution in [0.2, 0.25) is 0 Å².